The summed E-state index contributed by atoms with van der Waals surface area (Å²) in [5, 5.41) is 150. The van der Waals surface area contributed by atoms with Crippen LogP contribution in [0.3, 0.4) is 0 Å². The molecule has 1 fully saturated rings. The van der Waals surface area contributed by atoms with E-state index in [1.54, 1.807) is 0 Å². The van der Waals surface area contributed by atoms with Crippen LogP contribution in [0, 0.1) is 0 Å². The van der Waals surface area contributed by atoms with Crippen LogP contribution in [-0.2, 0) is 38.0 Å². The molecular weight excluding hydrogens is 924 g/mol. The minimum Gasteiger partial charge on any atom is -0.504 e. The Morgan fingerprint density at radius 1 is 0.574 bits per heavy atom. The maximum absolute atomic E-state index is 14.6. The Kier molecular flexibility index (Phi) is 9.64. The number of aliphatic hydroxyl groups is 3. The average Bonchev–Trinajstić information content (AvgIpc) is 3.28. The van der Waals surface area contributed by atoms with E-state index in [1.807, 2.05) is 0 Å². The molecule has 27 heteroatoms. The predicted octanol–water partition coefficient (Wildman–Crippen LogP) is -1.10. The molecular formula is C41H28O27. The van der Waals surface area contributed by atoms with Gasteiger partial charge in [0.2, 0.25) is 35.4 Å². The SMILES string of the molecule is O=C1O[C@@H]2C3COC(=O)c4cc(O)c(O)c(O)c4-c4c(cc(O)c(O)c4O)C(=O)OC2C(OC(=O)c2cc(O)c(O)c4c2[C@@H]2C1=CC(=O)[C@](O)(O4)C2(O)O)[C@H](OC(=O)c1cc(O)c(O)c(O)c1)O3. The minimum absolute atomic E-state index is 0.264. The number of benzene rings is 4. The van der Waals surface area contributed by atoms with E-state index in [0.717, 1.165) is 0 Å². The number of cyclic esters (lactones) is 1. The number of hydrogen-bond acceptors (Lipinski definition) is 27. The number of carbonyl (C=O) groups excluding carboxylic acids is 6. The average molecular weight is 953 g/mol. The number of hydrogen-bond donors (Lipinski definition) is 14. The van der Waals surface area contributed by atoms with Crippen LogP contribution in [0.4, 0.5) is 0 Å². The number of aromatic hydroxyl groups is 11. The third-order valence-electron chi connectivity index (χ3n) is 11.5. The van der Waals surface area contributed by atoms with Crippen molar-refractivity contribution in [1.82, 2.24) is 0 Å². The summed E-state index contributed by atoms with van der Waals surface area (Å²) < 4.78 is 38.9. The van der Waals surface area contributed by atoms with Crippen molar-refractivity contribution in [3.05, 3.63) is 69.8 Å². The lowest BCUT2D eigenvalue weighted by molar-refractivity contribution is -0.339. The molecule has 7 atom stereocenters. The molecule has 0 amide bonds. The third kappa shape index (κ3) is 6.21. The third-order valence-corrected chi connectivity index (χ3v) is 11.5. The first-order chi connectivity index (χ1) is 31.9. The number of rotatable bonds is 2. The molecule has 354 valence electrons. The molecule has 68 heavy (non-hydrogen) atoms. The van der Waals surface area contributed by atoms with Crippen molar-refractivity contribution in [3.63, 3.8) is 0 Å². The first-order valence-electron chi connectivity index (χ1n) is 19.1. The second-order valence-electron chi connectivity index (χ2n) is 15.5. The molecule has 4 heterocycles. The van der Waals surface area contributed by atoms with Crippen molar-refractivity contribution < 1.29 is 133 Å². The summed E-state index contributed by atoms with van der Waals surface area (Å²) in [7, 11) is 0. The zero-order valence-electron chi connectivity index (χ0n) is 33.2. The van der Waals surface area contributed by atoms with E-state index in [0.29, 0.717) is 30.3 Å². The number of fused-ring (bicyclic) bond motifs is 4. The molecule has 3 unspecified atom stereocenters. The Labute approximate surface area is 373 Å². The van der Waals surface area contributed by atoms with Gasteiger partial charge in [-0.15, -0.1) is 0 Å². The molecule has 4 aromatic rings. The molecule has 0 radical (unpaired) electrons. The number of esters is 5. The van der Waals surface area contributed by atoms with Crippen molar-refractivity contribution in [2.75, 3.05) is 6.61 Å². The Morgan fingerprint density at radius 3 is 1.68 bits per heavy atom. The van der Waals surface area contributed by atoms with Crippen molar-refractivity contribution in [2.45, 2.75) is 48.2 Å². The molecule has 27 nitrogen and oxygen atoms in total. The summed E-state index contributed by atoms with van der Waals surface area (Å²) in [6, 6.07) is 2.32. The van der Waals surface area contributed by atoms with Crippen molar-refractivity contribution in [3.8, 4) is 80.1 Å². The van der Waals surface area contributed by atoms with E-state index in [1.165, 1.54) is 0 Å². The van der Waals surface area contributed by atoms with E-state index < -0.39 is 204 Å². The quantitative estimate of drug-likeness (QED) is 0.0491. The monoisotopic (exact) mass is 952 g/mol. The van der Waals surface area contributed by atoms with E-state index >= 15 is 0 Å². The van der Waals surface area contributed by atoms with Crippen LogP contribution in [0.1, 0.15) is 52.9 Å². The largest absolute Gasteiger partial charge is 0.504 e. The van der Waals surface area contributed by atoms with Crippen LogP contribution in [0.5, 0.6) is 69.0 Å². The molecule has 0 aromatic heterocycles. The molecule has 6 bridgehead atoms. The Balaban J connectivity index is 1.30. The van der Waals surface area contributed by atoms with Gasteiger partial charge >= 0.3 is 35.6 Å². The van der Waals surface area contributed by atoms with Crippen LogP contribution in [0.15, 0.2) is 42.0 Å². The Morgan fingerprint density at radius 2 is 1.07 bits per heavy atom. The van der Waals surface area contributed by atoms with Crippen LogP contribution in [0.25, 0.3) is 11.1 Å². The van der Waals surface area contributed by atoms with Gasteiger partial charge in [-0.1, -0.05) is 0 Å². The smallest absolute Gasteiger partial charge is 0.340 e. The number of carbonyl (C=O) groups is 6. The molecule has 4 aliphatic heterocycles. The lowest BCUT2D eigenvalue weighted by Crippen LogP contribution is -2.70. The van der Waals surface area contributed by atoms with E-state index in [2.05, 4.69) is 0 Å². The zero-order valence-corrected chi connectivity index (χ0v) is 33.2. The van der Waals surface area contributed by atoms with Gasteiger partial charge in [-0.05, 0) is 36.4 Å². The van der Waals surface area contributed by atoms with Gasteiger partial charge in [-0.2, -0.15) is 0 Å². The van der Waals surface area contributed by atoms with Crippen LogP contribution in [-0.4, -0.2) is 156 Å². The predicted molar refractivity (Wildman–Crippen MR) is 204 cm³/mol. The van der Waals surface area contributed by atoms with Crippen molar-refractivity contribution in [1.29, 1.82) is 0 Å². The first kappa shape index (κ1) is 44.3. The van der Waals surface area contributed by atoms with E-state index in [-0.39, 0.29) is 6.08 Å². The van der Waals surface area contributed by atoms with Gasteiger partial charge in [0.05, 0.1) is 33.7 Å². The maximum Gasteiger partial charge on any atom is 0.340 e. The fourth-order valence-corrected chi connectivity index (χ4v) is 8.25. The summed E-state index contributed by atoms with van der Waals surface area (Å²) in [5.41, 5.74) is -8.48. The highest BCUT2D eigenvalue weighted by Gasteiger charge is 2.70. The van der Waals surface area contributed by atoms with Gasteiger partial charge in [-0.3, -0.25) is 4.79 Å². The summed E-state index contributed by atoms with van der Waals surface area (Å²) in [6.45, 7) is -1.31. The van der Waals surface area contributed by atoms with Gasteiger partial charge < -0.3 is 105 Å². The summed E-state index contributed by atoms with van der Waals surface area (Å²) >= 11 is 0. The van der Waals surface area contributed by atoms with Crippen LogP contribution in [0.2, 0.25) is 0 Å². The highest BCUT2D eigenvalue weighted by molar-refractivity contribution is 6.10. The Bertz CT molecular complexity index is 3020. The summed E-state index contributed by atoms with van der Waals surface area (Å²) in [5.74, 6) is -36.5. The fraction of sp³-hybridized carbons (Fsp3) is 0.220. The summed E-state index contributed by atoms with van der Waals surface area (Å²) in [4.78, 5) is 84.8. The molecule has 5 aliphatic rings. The van der Waals surface area contributed by atoms with Gasteiger partial charge in [-0.25, -0.2) is 24.0 Å². The first-order valence-corrected chi connectivity index (χ1v) is 19.1. The normalized spacial score (nSPS) is 25.7. The lowest BCUT2D eigenvalue weighted by atomic mass is 9.70. The van der Waals surface area contributed by atoms with Crippen LogP contribution < -0.4 is 4.74 Å². The molecule has 1 aliphatic carbocycles. The topological polar surface area (TPSA) is 450 Å². The highest BCUT2D eigenvalue weighted by Crippen LogP contribution is 2.59. The number of phenols is 11. The molecule has 1 saturated heterocycles. The maximum atomic E-state index is 14.6. The minimum atomic E-state index is -3.98. The van der Waals surface area contributed by atoms with Gasteiger partial charge in [0, 0.05) is 16.7 Å². The van der Waals surface area contributed by atoms with E-state index in [9.17, 15) is 100 Å². The van der Waals surface area contributed by atoms with Crippen molar-refractivity contribution >= 4 is 35.6 Å². The Hall–Kier alpha value is -8.92. The lowest BCUT2D eigenvalue weighted by Gasteiger charge is -2.49. The molecule has 14 N–H and O–H groups in total. The zero-order chi connectivity index (χ0) is 49.4. The van der Waals surface area contributed by atoms with E-state index in [4.69, 9.17) is 33.2 Å². The number of ether oxygens (including phenoxy) is 7. The van der Waals surface area contributed by atoms with Crippen molar-refractivity contribution in [2.24, 2.45) is 0 Å². The molecule has 9 rings (SSSR count). The number of ketones is 1. The van der Waals surface area contributed by atoms with Gasteiger partial charge in [0.1, 0.15) is 12.7 Å². The van der Waals surface area contributed by atoms with Gasteiger partial charge in [0.15, 0.2) is 64.0 Å². The molecule has 0 saturated carbocycles. The standard InChI is InChI=1S/C41H28O27/c42-13-1-8(2-14(43)24(13)48)34(54)67-39-33-32-30(64-38(58)12-6-19(47)41(61)40(59,60)23(12)22-11(37(57)66-33)5-17(46)27(51)31(22)68-41)18(63-39)7-62-35(55)9-3-15(44)25(49)28(52)20(9)21-10(36(56)65-32)4-16(45)26(50)29(21)53/h1-6,18,23,30,32-33,39,42-46,48-53,59-61H,7H2/t18?,23-,30+,32?,33?,39-,41-/m0/s1. The second kappa shape index (κ2) is 14.8. The summed E-state index contributed by atoms with van der Waals surface area (Å²) in [6.07, 6.45) is -12.1. The second-order valence-corrected chi connectivity index (χ2v) is 15.5. The van der Waals surface area contributed by atoms with Crippen LogP contribution >= 0.6 is 0 Å². The fourth-order valence-electron chi connectivity index (χ4n) is 8.25. The highest BCUT2D eigenvalue weighted by atomic mass is 16.8. The molecule has 4 aromatic carbocycles. The van der Waals surface area contributed by atoms with Gasteiger partial charge in [0.25, 0.3) is 5.79 Å². The number of phenolic OH excluding ortho intramolecular Hbond substituents is 11. The molecule has 0 spiro atoms.